The fourth-order valence-corrected chi connectivity index (χ4v) is 3.77. The van der Waals surface area contributed by atoms with Crippen molar-refractivity contribution in [2.45, 2.75) is 0 Å². The lowest BCUT2D eigenvalue weighted by Gasteiger charge is -2.34. The second-order valence-electron chi connectivity index (χ2n) is 7.71. The number of likely N-dealkylation sites (N-methyl/N-ethyl adjacent to an activating group) is 1. The van der Waals surface area contributed by atoms with Crippen LogP contribution in [0, 0.1) is 0 Å². The minimum atomic E-state index is -0.442. The summed E-state index contributed by atoms with van der Waals surface area (Å²) in [6.45, 7) is 4.03. The summed E-state index contributed by atoms with van der Waals surface area (Å²) in [6, 6.07) is 13.4. The average Bonchev–Trinajstić information content (AvgIpc) is 2.78. The Morgan fingerprint density at radius 2 is 1.74 bits per heavy atom. The first-order valence-electron chi connectivity index (χ1n) is 10.3. The van der Waals surface area contributed by atoms with E-state index in [1.54, 1.807) is 36.6 Å². The molecule has 160 valence electrons. The van der Waals surface area contributed by atoms with Gasteiger partial charge < -0.3 is 20.2 Å². The van der Waals surface area contributed by atoms with Crippen molar-refractivity contribution >= 4 is 34.8 Å². The first-order chi connectivity index (χ1) is 15.0. The summed E-state index contributed by atoms with van der Waals surface area (Å²) in [5.41, 5.74) is 4.23. The van der Waals surface area contributed by atoms with E-state index in [0.29, 0.717) is 16.7 Å². The predicted molar refractivity (Wildman–Crippen MR) is 123 cm³/mol. The van der Waals surface area contributed by atoms with Gasteiger partial charge >= 0.3 is 0 Å². The number of aliphatic hydroxyl groups excluding tert-OH is 1. The fraction of sp³-hybridized carbons (Fsp3) is 0.250. The molecule has 3 N–H and O–H groups in total. The molecule has 7 nitrogen and oxygen atoms in total. The summed E-state index contributed by atoms with van der Waals surface area (Å²) in [6.07, 6.45) is 4.99. The molecule has 0 aliphatic carbocycles. The van der Waals surface area contributed by atoms with Crippen molar-refractivity contribution in [3.8, 4) is 0 Å². The molecule has 4 rings (SSSR count). The Labute approximate surface area is 181 Å². The molecule has 2 amide bonds. The number of carbonyl (C=O) groups excluding carboxylic acids is 2. The van der Waals surface area contributed by atoms with Gasteiger partial charge in [0, 0.05) is 54.9 Å². The first-order valence-corrected chi connectivity index (χ1v) is 10.3. The molecule has 0 radical (unpaired) electrons. The summed E-state index contributed by atoms with van der Waals surface area (Å²) in [5.74, 6) is -0.853. The van der Waals surface area contributed by atoms with Crippen LogP contribution in [-0.2, 0) is 4.79 Å². The zero-order valence-electron chi connectivity index (χ0n) is 17.5. The molecular formula is C24H26N4O3. The Morgan fingerprint density at radius 3 is 2.45 bits per heavy atom. The quantitative estimate of drug-likeness (QED) is 0.510. The maximum absolute atomic E-state index is 12.5. The first kappa shape index (κ1) is 20.8. The van der Waals surface area contributed by atoms with Crippen molar-refractivity contribution in [2.75, 3.05) is 50.1 Å². The molecule has 0 saturated carbocycles. The van der Waals surface area contributed by atoms with Gasteiger partial charge in [0.2, 0.25) is 0 Å². The lowest BCUT2D eigenvalue weighted by Crippen LogP contribution is -2.44. The smallest absolute Gasteiger partial charge is 0.260 e. The third-order valence-corrected chi connectivity index (χ3v) is 5.58. The zero-order chi connectivity index (χ0) is 21.8. The van der Waals surface area contributed by atoms with Gasteiger partial charge in [0.25, 0.3) is 11.8 Å². The summed E-state index contributed by atoms with van der Waals surface area (Å²) in [5, 5.41) is 14.6. The number of imide groups is 1. The molecule has 2 aliphatic heterocycles. The Bertz CT molecular complexity index is 1040. The average molecular weight is 418 g/mol. The summed E-state index contributed by atoms with van der Waals surface area (Å²) >= 11 is 0. The van der Waals surface area contributed by atoms with Crippen LogP contribution < -0.4 is 15.5 Å². The predicted octanol–water partition coefficient (Wildman–Crippen LogP) is 2.17. The Morgan fingerprint density at radius 1 is 1.00 bits per heavy atom. The van der Waals surface area contributed by atoms with Crippen LogP contribution in [0.15, 0.2) is 54.7 Å². The molecule has 0 aromatic heterocycles. The second-order valence-corrected chi connectivity index (χ2v) is 7.71. The van der Waals surface area contributed by atoms with Crippen LogP contribution in [0.2, 0.25) is 0 Å². The van der Waals surface area contributed by atoms with Crippen LogP contribution in [0.1, 0.15) is 21.5 Å². The number of nitrogens with zero attached hydrogens (tertiary/aromatic N) is 2. The van der Waals surface area contributed by atoms with E-state index in [0.717, 1.165) is 37.4 Å². The highest BCUT2D eigenvalue weighted by molar-refractivity contribution is 6.31. The fourth-order valence-electron chi connectivity index (χ4n) is 3.77. The molecule has 2 aliphatic rings. The maximum atomic E-state index is 12.5. The van der Waals surface area contributed by atoms with Crippen molar-refractivity contribution < 1.29 is 14.7 Å². The lowest BCUT2D eigenvalue weighted by molar-refractivity contribution is -0.114. The third kappa shape index (κ3) is 4.68. The Kier molecular flexibility index (Phi) is 6.16. The van der Waals surface area contributed by atoms with Crippen LogP contribution in [0.25, 0.3) is 11.6 Å². The minimum absolute atomic E-state index is 0.0785. The lowest BCUT2D eigenvalue weighted by atomic mass is 9.93. The topological polar surface area (TPSA) is 84.9 Å². The van der Waals surface area contributed by atoms with Crippen molar-refractivity contribution in [3.63, 3.8) is 0 Å². The van der Waals surface area contributed by atoms with Crippen molar-refractivity contribution in [3.05, 3.63) is 71.4 Å². The monoisotopic (exact) mass is 418 g/mol. The molecule has 2 aromatic rings. The minimum Gasteiger partial charge on any atom is -0.392 e. The molecule has 2 heterocycles. The number of amides is 2. The molecule has 0 spiro atoms. The van der Waals surface area contributed by atoms with E-state index in [-0.39, 0.29) is 6.61 Å². The van der Waals surface area contributed by atoms with Gasteiger partial charge in [-0.3, -0.25) is 14.9 Å². The van der Waals surface area contributed by atoms with E-state index in [4.69, 9.17) is 5.11 Å². The molecule has 0 atom stereocenters. The van der Waals surface area contributed by atoms with Gasteiger partial charge in [-0.05, 0) is 49.0 Å². The number of anilines is 2. The van der Waals surface area contributed by atoms with E-state index >= 15 is 0 Å². The number of rotatable bonds is 5. The third-order valence-electron chi connectivity index (χ3n) is 5.58. The molecule has 31 heavy (non-hydrogen) atoms. The Hall–Kier alpha value is -3.42. The van der Waals surface area contributed by atoms with Crippen LogP contribution in [-0.4, -0.2) is 61.7 Å². The maximum Gasteiger partial charge on any atom is 0.260 e. The van der Waals surface area contributed by atoms with Gasteiger partial charge in [0.1, 0.15) is 0 Å². The molecule has 0 bridgehead atoms. The molecule has 1 fully saturated rings. The highest BCUT2D eigenvalue weighted by Gasteiger charge is 2.27. The van der Waals surface area contributed by atoms with E-state index in [1.807, 2.05) is 12.1 Å². The van der Waals surface area contributed by atoms with Gasteiger partial charge in [-0.2, -0.15) is 0 Å². The number of aliphatic hydroxyl groups is 1. The highest BCUT2D eigenvalue weighted by Crippen LogP contribution is 2.26. The largest absolute Gasteiger partial charge is 0.392 e. The zero-order valence-corrected chi connectivity index (χ0v) is 17.5. The summed E-state index contributed by atoms with van der Waals surface area (Å²) in [4.78, 5) is 29.4. The summed E-state index contributed by atoms with van der Waals surface area (Å²) in [7, 11) is 2.14. The van der Waals surface area contributed by atoms with Crippen molar-refractivity contribution in [1.82, 2.24) is 10.2 Å². The molecule has 1 saturated heterocycles. The number of hydrogen-bond acceptors (Lipinski definition) is 6. The highest BCUT2D eigenvalue weighted by atomic mass is 16.2. The number of piperazine rings is 1. The van der Waals surface area contributed by atoms with Crippen molar-refractivity contribution in [1.29, 1.82) is 0 Å². The van der Waals surface area contributed by atoms with Crippen molar-refractivity contribution in [2.24, 2.45) is 0 Å². The van der Waals surface area contributed by atoms with Crippen LogP contribution >= 0.6 is 0 Å². The number of carbonyl (C=O) groups is 2. The van der Waals surface area contributed by atoms with E-state index in [1.165, 1.54) is 5.69 Å². The SMILES string of the molecule is CN1CCN(c2ccc(N/C=C3\C(=O)NC(=O)c4ccc(/C=C/CO)cc43)cc2)CC1. The van der Waals surface area contributed by atoms with Crippen LogP contribution in [0.3, 0.4) is 0 Å². The standard InChI is InChI=1S/C24H26N4O3/c1-27-10-12-28(13-11-27)19-7-5-18(6-8-19)25-16-22-21-15-17(3-2-14-29)4-9-20(21)23(30)26-24(22)31/h2-9,15-16,25,29H,10-14H2,1H3,(H,26,30,31)/b3-2+,22-16-. The number of hydrogen-bond donors (Lipinski definition) is 3. The van der Waals surface area contributed by atoms with Gasteiger partial charge in [-0.15, -0.1) is 0 Å². The normalized spacial score (nSPS) is 18.4. The van der Waals surface area contributed by atoms with E-state index in [2.05, 4.69) is 39.6 Å². The Balaban J connectivity index is 1.54. The van der Waals surface area contributed by atoms with Gasteiger partial charge in [0.05, 0.1) is 12.2 Å². The van der Waals surface area contributed by atoms with Gasteiger partial charge in [-0.1, -0.05) is 18.2 Å². The van der Waals surface area contributed by atoms with Gasteiger partial charge in [0.15, 0.2) is 0 Å². The van der Waals surface area contributed by atoms with Gasteiger partial charge in [-0.25, -0.2) is 0 Å². The molecule has 0 unspecified atom stereocenters. The van der Waals surface area contributed by atoms with E-state index in [9.17, 15) is 9.59 Å². The van der Waals surface area contributed by atoms with E-state index < -0.39 is 11.8 Å². The number of benzene rings is 2. The molecule has 2 aromatic carbocycles. The molecule has 7 heteroatoms. The van der Waals surface area contributed by atoms with Crippen LogP contribution in [0.4, 0.5) is 11.4 Å². The summed E-state index contributed by atoms with van der Waals surface area (Å²) < 4.78 is 0. The second kappa shape index (κ2) is 9.16. The molecular weight excluding hydrogens is 392 g/mol. The number of nitrogens with one attached hydrogen (secondary N) is 2. The van der Waals surface area contributed by atoms with Crippen LogP contribution in [0.5, 0.6) is 0 Å². The number of fused-ring (bicyclic) bond motifs is 1.